The Hall–Kier alpha value is -1.06. The summed E-state index contributed by atoms with van der Waals surface area (Å²) in [6.07, 6.45) is 1.37. The lowest BCUT2D eigenvalue weighted by molar-refractivity contribution is -0.121. The Kier molecular flexibility index (Phi) is 3.80. The monoisotopic (exact) mass is 238 g/mol. The molecule has 0 aliphatic carbocycles. The van der Waals surface area contributed by atoms with Crippen molar-refractivity contribution in [2.24, 2.45) is 0 Å². The second-order valence-electron chi connectivity index (χ2n) is 4.03. The molecule has 4 heteroatoms. The van der Waals surface area contributed by atoms with Crippen LogP contribution >= 0.6 is 11.6 Å². The van der Waals surface area contributed by atoms with E-state index < -0.39 is 0 Å². The average Bonchev–Trinajstić information content (AvgIpc) is 2.74. The van der Waals surface area contributed by atoms with E-state index in [0.717, 1.165) is 25.1 Å². The van der Waals surface area contributed by atoms with Crippen LogP contribution in [0.3, 0.4) is 0 Å². The van der Waals surface area contributed by atoms with Crippen LogP contribution in [0.2, 0.25) is 5.02 Å². The van der Waals surface area contributed by atoms with E-state index in [-0.39, 0.29) is 11.9 Å². The normalized spacial score (nSPS) is 19.7. The van der Waals surface area contributed by atoms with Gasteiger partial charge in [-0.05, 0) is 24.6 Å². The van der Waals surface area contributed by atoms with Crippen LogP contribution < -0.4 is 10.6 Å². The first kappa shape index (κ1) is 11.4. The van der Waals surface area contributed by atoms with Gasteiger partial charge in [0, 0.05) is 17.6 Å². The van der Waals surface area contributed by atoms with Gasteiger partial charge in [-0.2, -0.15) is 0 Å². The van der Waals surface area contributed by atoms with Gasteiger partial charge in [0.25, 0.3) is 0 Å². The zero-order chi connectivity index (χ0) is 11.4. The summed E-state index contributed by atoms with van der Waals surface area (Å²) in [5.74, 6) is 0.0433. The summed E-state index contributed by atoms with van der Waals surface area (Å²) in [6.45, 7) is 1.85. The maximum atomic E-state index is 11.7. The Morgan fingerprint density at radius 2 is 2.31 bits per heavy atom. The number of hydrogen-bond donors (Lipinski definition) is 2. The van der Waals surface area contributed by atoms with Crippen LogP contribution in [0.1, 0.15) is 12.0 Å². The number of benzene rings is 1. The van der Waals surface area contributed by atoms with Crippen LogP contribution in [0.15, 0.2) is 24.3 Å². The molecule has 0 radical (unpaired) electrons. The molecule has 1 amide bonds. The summed E-state index contributed by atoms with van der Waals surface area (Å²) in [5, 5.41) is 6.86. The third-order valence-electron chi connectivity index (χ3n) is 2.73. The zero-order valence-corrected chi connectivity index (χ0v) is 9.76. The second-order valence-corrected chi connectivity index (χ2v) is 4.43. The van der Waals surface area contributed by atoms with Crippen LogP contribution in [0, 0.1) is 0 Å². The minimum atomic E-state index is 0.0433. The molecule has 1 aliphatic heterocycles. The molecule has 2 rings (SSSR count). The number of hydrogen-bond acceptors (Lipinski definition) is 2. The molecule has 0 bridgehead atoms. The molecule has 1 atom stereocenters. The summed E-state index contributed by atoms with van der Waals surface area (Å²) in [4.78, 5) is 11.7. The molecule has 16 heavy (non-hydrogen) atoms. The van der Waals surface area contributed by atoms with Crippen molar-refractivity contribution in [3.05, 3.63) is 34.9 Å². The standard InChI is InChI=1S/C12H15ClN2O/c13-11-4-2-1-3-9(11)7-12(16)15-10-5-6-14-8-10/h1-4,10,14H,5-8H2,(H,15,16)/t10-/m1/s1. The number of rotatable bonds is 3. The summed E-state index contributed by atoms with van der Waals surface area (Å²) in [6, 6.07) is 7.72. The smallest absolute Gasteiger partial charge is 0.224 e. The van der Waals surface area contributed by atoms with Crippen molar-refractivity contribution < 1.29 is 4.79 Å². The van der Waals surface area contributed by atoms with Gasteiger partial charge in [-0.1, -0.05) is 29.8 Å². The van der Waals surface area contributed by atoms with Crippen LogP contribution in [-0.4, -0.2) is 25.0 Å². The molecule has 0 saturated carbocycles. The maximum absolute atomic E-state index is 11.7. The van der Waals surface area contributed by atoms with E-state index in [9.17, 15) is 4.79 Å². The van der Waals surface area contributed by atoms with E-state index in [0.29, 0.717) is 11.4 Å². The van der Waals surface area contributed by atoms with Crippen molar-refractivity contribution in [2.45, 2.75) is 18.9 Å². The average molecular weight is 239 g/mol. The van der Waals surface area contributed by atoms with Gasteiger partial charge >= 0.3 is 0 Å². The van der Waals surface area contributed by atoms with E-state index >= 15 is 0 Å². The van der Waals surface area contributed by atoms with Crippen LogP contribution in [-0.2, 0) is 11.2 Å². The Morgan fingerprint density at radius 1 is 1.50 bits per heavy atom. The molecule has 86 valence electrons. The largest absolute Gasteiger partial charge is 0.352 e. The van der Waals surface area contributed by atoms with E-state index in [4.69, 9.17) is 11.6 Å². The highest BCUT2D eigenvalue weighted by molar-refractivity contribution is 6.31. The fourth-order valence-corrected chi connectivity index (χ4v) is 2.07. The fraction of sp³-hybridized carbons (Fsp3) is 0.417. The molecule has 1 saturated heterocycles. The van der Waals surface area contributed by atoms with Gasteiger partial charge in [-0.25, -0.2) is 0 Å². The van der Waals surface area contributed by atoms with Gasteiger partial charge in [0.15, 0.2) is 0 Å². The molecule has 1 aromatic rings. The number of nitrogens with one attached hydrogen (secondary N) is 2. The Bertz CT molecular complexity index is 375. The van der Waals surface area contributed by atoms with E-state index in [1.165, 1.54) is 0 Å². The first-order valence-electron chi connectivity index (χ1n) is 5.49. The molecule has 0 spiro atoms. The molecule has 0 aromatic heterocycles. The predicted molar refractivity (Wildman–Crippen MR) is 64.6 cm³/mol. The molecule has 0 unspecified atom stereocenters. The van der Waals surface area contributed by atoms with Gasteiger partial charge in [-0.3, -0.25) is 4.79 Å². The molecule has 1 fully saturated rings. The van der Waals surface area contributed by atoms with Gasteiger partial charge in [0.05, 0.1) is 6.42 Å². The van der Waals surface area contributed by atoms with Crippen molar-refractivity contribution in [2.75, 3.05) is 13.1 Å². The summed E-state index contributed by atoms with van der Waals surface area (Å²) in [7, 11) is 0. The molecule has 2 N–H and O–H groups in total. The van der Waals surface area contributed by atoms with E-state index in [1.807, 2.05) is 18.2 Å². The number of carbonyl (C=O) groups is 1. The first-order valence-corrected chi connectivity index (χ1v) is 5.87. The number of amides is 1. The third-order valence-corrected chi connectivity index (χ3v) is 3.10. The van der Waals surface area contributed by atoms with Gasteiger partial charge in [-0.15, -0.1) is 0 Å². The van der Waals surface area contributed by atoms with Crippen molar-refractivity contribution in [1.29, 1.82) is 0 Å². The van der Waals surface area contributed by atoms with E-state index in [1.54, 1.807) is 6.07 Å². The van der Waals surface area contributed by atoms with Crippen LogP contribution in [0.5, 0.6) is 0 Å². The Balaban J connectivity index is 1.89. The lowest BCUT2D eigenvalue weighted by atomic mass is 10.1. The highest BCUT2D eigenvalue weighted by Gasteiger charge is 2.16. The highest BCUT2D eigenvalue weighted by atomic mass is 35.5. The predicted octanol–water partition coefficient (Wildman–Crippen LogP) is 1.36. The van der Waals surface area contributed by atoms with Crippen LogP contribution in [0.4, 0.5) is 0 Å². The molecule has 3 nitrogen and oxygen atoms in total. The molecule has 1 aliphatic rings. The summed E-state index contributed by atoms with van der Waals surface area (Å²) < 4.78 is 0. The van der Waals surface area contributed by atoms with Crippen molar-refractivity contribution in [1.82, 2.24) is 10.6 Å². The van der Waals surface area contributed by atoms with E-state index in [2.05, 4.69) is 10.6 Å². The third kappa shape index (κ3) is 2.97. The summed E-state index contributed by atoms with van der Waals surface area (Å²) in [5.41, 5.74) is 0.882. The lowest BCUT2D eigenvalue weighted by Crippen LogP contribution is -2.37. The maximum Gasteiger partial charge on any atom is 0.224 e. The molecular formula is C12H15ClN2O. The fourth-order valence-electron chi connectivity index (χ4n) is 1.87. The van der Waals surface area contributed by atoms with Crippen LogP contribution in [0.25, 0.3) is 0 Å². The topological polar surface area (TPSA) is 41.1 Å². The Morgan fingerprint density at radius 3 is 3.00 bits per heavy atom. The van der Waals surface area contributed by atoms with Crippen molar-refractivity contribution >= 4 is 17.5 Å². The minimum Gasteiger partial charge on any atom is -0.352 e. The number of halogens is 1. The van der Waals surface area contributed by atoms with Crippen molar-refractivity contribution in [3.63, 3.8) is 0 Å². The zero-order valence-electron chi connectivity index (χ0n) is 9.00. The lowest BCUT2D eigenvalue weighted by Gasteiger charge is -2.11. The SMILES string of the molecule is O=C(Cc1ccccc1Cl)N[C@@H]1CCNC1. The first-order chi connectivity index (χ1) is 7.75. The van der Waals surface area contributed by atoms with Gasteiger partial charge in [0.2, 0.25) is 5.91 Å². The summed E-state index contributed by atoms with van der Waals surface area (Å²) >= 11 is 5.99. The van der Waals surface area contributed by atoms with Crippen molar-refractivity contribution in [3.8, 4) is 0 Å². The molecule has 1 aromatic carbocycles. The molecule has 1 heterocycles. The second kappa shape index (κ2) is 5.32. The minimum absolute atomic E-state index is 0.0433. The number of carbonyl (C=O) groups excluding carboxylic acids is 1. The van der Waals surface area contributed by atoms with Gasteiger partial charge in [0.1, 0.15) is 0 Å². The van der Waals surface area contributed by atoms with Gasteiger partial charge < -0.3 is 10.6 Å². The molecular weight excluding hydrogens is 224 g/mol. The highest BCUT2D eigenvalue weighted by Crippen LogP contribution is 2.15. The Labute approximate surface area is 100 Å². The quantitative estimate of drug-likeness (QED) is 0.835.